The van der Waals surface area contributed by atoms with Gasteiger partial charge >= 0.3 is 6.04 Å². The Morgan fingerprint density at radius 1 is 1.17 bits per heavy atom. The normalized spacial score (nSPS) is 12.4. The molecule has 0 aliphatic heterocycles. The summed E-state index contributed by atoms with van der Waals surface area (Å²) >= 11 is 0. The molecule has 12 heteroatoms. The molecule has 0 fully saturated rings. The van der Waals surface area contributed by atoms with E-state index in [1.165, 1.54) is 12.1 Å². The lowest BCUT2D eigenvalue weighted by atomic mass is 10.1. The van der Waals surface area contributed by atoms with Gasteiger partial charge in [0, 0.05) is 22.7 Å². The number of carbonyl (C=O) groups is 1. The lowest BCUT2D eigenvalue weighted by Gasteiger charge is -2.13. The predicted octanol–water partition coefficient (Wildman–Crippen LogP) is 2.12. The zero-order valence-electron chi connectivity index (χ0n) is 15.6. The number of non-ortho nitro benzene ring substituents is 1. The van der Waals surface area contributed by atoms with E-state index in [2.05, 4.69) is 20.4 Å². The Bertz CT molecular complexity index is 1190. The van der Waals surface area contributed by atoms with Crippen molar-refractivity contribution in [3.05, 3.63) is 80.1 Å². The van der Waals surface area contributed by atoms with Crippen LogP contribution in [0.1, 0.15) is 17.3 Å². The molecule has 1 amide bonds. The summed E-state index contributed by atoms with van der Waals surface area (Å²) in [7, 11) is 0. The molecule has 0 spiro atoms. The molecule has 1 unspecified atom stereocenters. The van der Waals surface area contributed by atoms with E-state index in [-0.39, 0.29) is 16.9 Å². The van der Waals surface area contributed by atoms with Gasteiger partial charge < -0.3 is 11.2 Å². The summed E-state index contributed by atoms with van der Waals surface area (Å²) in [6, 6.07) is 8.75. The second kappa shape index (κ2) is 8.26. The van der Waals surface area contributed by atoms with Crippen LogP contribution in [-0.4, -0.2) is 31.4 Å². The van der Waals surface area contributed by atoms with Crippen LogP contribution in [0.25, 0.3) is 11.0 Å². The number of nitrogens with zero attached hydrogens (tertiary/aromatic N) is 5. The minimum absolute atomic E-state index is 0.0595. The monoisotopic (exact) mass is 409 g/mol. The maximum atomic E-state index is 12.7. The minimum Gasteiger partial charge on any atom is -0.323 e. The number of hydrogen-bond acceptors (Lipinski definition) is 9. The molecule has 1 aromatic heterocycles. The average molecular weight is 409 g/mol. The van der Waals surface area contributed by atoms with Crippen LogP contribution in [0.5, 0.6) is 0 Å². The van der Waals surface area contributed by atoms with Gasteiger partial charge in [-0.3, -0.25) is 30.0 Å². The Morgan fingerprint density at radius 2 is 1.90 bits per heavy atom. The molecule has 0 saturated carbocycles. The standard InChI is InChI=1S/C18H15N7O5/c1-10-4-2-3-5-12(10)22-18(26)16(23-19)17(25(29)30)15-9-20-13-7-6-11(24(27)28)8-14(13)21-15/h2-9,17H,19H2,1H3,(H,22,26)/b23-16-. The number of aromatic nitrogens is 2. The molecular weight excluding hydrogens is 394 g/mol. The third-order valence-electron chi connectivity index (χ3n) is 4.27. The van der Waals surface area contributed by atoms with E-state index in [9.17, 15) is 25.0 Å². The number of nitrogens with one attached hydrogen (secondary N) is 1. The van der Waals surface area contributed by atoms with Crippen LogP contribution in [0.2, 0.25) is 0 Å². The predicted molar refractivity (Wildman–Crippen MR) is 107 cm³/mol. The smallest absolute Gasteiger partial charge is 0.304 e. The maximum Gasteiger partial charge on any atom is 0.304 e. The lowest BCUT2D eigenvalue weighted by molar-refractivity contribution is -0.509. The van der Waals surface area contributed by atoms with Crippen molar-refractivity contribution in [2.24, 2.45) is 10.9 Å². The fourth-order valence-corrected chi connectivity index (χ4v) is 2.76. The lowest BCUT2D eigenvalue weighted by Crippen LogP contribution is -2.34. The zero-order chi connectivity index (χ0) is 21.8. The first-order valence-corrected chi connectivity index (χ1v) is 8.51. The number of rotatable bonds is 6. The number of hydrazone groups is 1. The van der Waals surface area contributed by atoms with Crippen molar-refractivity contribution in [1.82, 2.24) is 9.97 Å². The molecule has 152 valence electrons. The Labute approximate surface area is 168 Å². The van der Waals surface area contributed by atoms with Crippen LogP contribution in [-0.2, 0) is 4.79 Å². The van der Waals surface area contributed by atoms with Crippen molar-refractivity contribution >= 4 is 34.0 Å². The number of carbonyl (C=O) groups excluding carboxylic acids is 1. The Morgan fingerprint density at radius 3 is 2.53 bits per heavy atom. The van der Waals surface area contributed by atoms with E-state index >= 15 is 0 Å². The number of aryl methyl sites for hydroxylation is 1. The van der Waals surface area contributed by atoms with Crippen molar-refractivity contribution in [2.75, 3.05) is 5.32 Å². The second-order valence-electron chi connectivity index (χ2n) is 6.20. The number of fused-ring (bicyclic) bond motifs is 1. The summed E-state index contributed by atoms with van der Waals surface area (Å²) in [5, 5.41) is 28.6. The number of nitro benzene ring substituents is 1. The molecule has 0 bridgehead atoms. The number of anilines is 1. The molecule has 3 aromatic rings. The number of hydrogen-bond donors (Lipinski definition) is 2. The van der Waals surface area contributed by atoms with Crippen LogP contribution in [0.4, 0.5) is 11.4 Å². The molecule has 0 aliphatic rings. The van der Waals surface area contributed by atoms with E-state index in [0.29, 0.717) is 11.2 Å². The minimum atomic E-state index is -1.82. The zero-order valence-corrected chi connectivity index (χ0v) is 15.6. The highest BCUT2D eigenvalue weighted by Crippen LogP contribution is 2.23. The van der Waals surface area contributed by atoms with Gasteiger partial charge in [-0.1, -0.05) is 18.2 Å². The summed E-state index contributed by atoms with van der Waals surface area (Å²) < 4.78 is 0. The third kappa shape index (κ3) is 4.01. The maximum absolute atomic E-state index is 12.7. The first-order chi connectivity index (χ1) is 14.3. The van der Waals surface area contributed by atoms with Crippen molar-refractivity contribution < 1.29 is 14.6 Å². The number of nitrogens with two attached hydrogens (primary N) is 1. The summed E-state index contributed by atoms with van der Waals surface area (Å²) in [6.07, 6.45) is 1.11. The van der Waals surface area contributed by atoms with Gasteiger partial charge in [0.15, 0.2) is 0 Å². The van der Waals surface area contributed by atoms with Gasteiger partial charge in [0.1, 0.15) is 5.69 Å². The number of nitro groups is 2. The quantitative estimate of drug-likeness (QED) is 0.269. The van der Waals surface area contributed by atoms with E-state index in [4.69, 9.17) is 5.84 Å². The summed E-state index contributed by atoms with van der Waals surface area (Å²) in [5.74, 6) is 4.42. The summed E-state index contributed by atoms with van der Waals surface area (Å²) in [4.78, 5) is 42.1. The highest BCUT2D eigenvalue weighted by Gasteiger charge is 2.37. The van der Waals surface area contributed by atoms with Crippen LogP contribution < -0.4 is 11.2 Å². The first-order valence-electron chi connectivity index (χ1n) is 8.51. The van der Waals surface area contributed by atoms with Crippen molar-refractivity contribution in [1.29, 1.82) is 0 Å². The Kier molecular flexibility index (Phi) is 5.58. The SMILES string of the molecule is Cc1ccccc1NC(=O)/C(=N\N)C(c1cnc2ccc([N+](=O)[O-])cc2n1)[N+](=O)[O-]. The molecule has 2 aromatic carbocycles. The molecule has 12 nitrogen and oxygen atoms in total. The van der Waals surface area contributed by atoms with Crippen LogP contribution >= 0.6 is 0 Å². The molecule has 0 saturated heterocycles. The number of para-hydroxylation sites is 1. The van der Waals surface area contributed by atoms with E-state index in [1.54, 1.807) is 31.2 Å². The Balaban J connectivity index is 2.01. The van der Waals surface area contributed by atoms with E-state index < -0.39 is 27.5 Å². The summed E-state index contributed by atoms with van der Waals surface area (Å²) in [5.41, 5.74) is 0.436. The Hall–Kier alpha value is -4.48. The van der Waals surface area contributed by atoms with E-state index in [1.807, 2.05) is 0 Å². The average Bonchev–Trinajstić information content (AvgIpc) is 2.72. The molecule has 1 heterocycles. The van der Waals surface area contributed by atoms with Crippen molar-refractivity contribution in [3.8, 4) is 0 Å². The van der Waals surface area contributed by atoms with Gasteiger partial charge in [-0.05, 0) is 24.6 Å². The van der Waals surface area contributed by atoms with Crippen molar-refractivity contribution in [2.45, 2.75) is 13.0 Å². The molecule has 30 heavy (non-hydrogen) atoms. The van der Waals surface area contributed by atoms with Gasteiger partial charge in [-0.15, -0.1) is 0 Å². The fourth-order valence-electron chi connectivity index (χ4n) is 2.76. The molecule has 3 N–H and O–H groups in total. The number of benzene rings is 2. The van der Waals surface area contributed by atoms with E-state index in [0.717, 1.165) is 17.8 Å². The number of amides is 1. The highest BCUT2D eigenvalue weighted by molar-refractivity contribution is 6.44. The largest absolute Gasteiger partial charge is 0.323 e. The van der Waals surface area contributed by atoms with Crippen LogP contribution in [0, 0.1) is 27.2 Å². The van der Waals surface area contributed by atoms with Gasteiger partial charge in [0.05, 0.1) is 22.2 Å². The van der Waals surface area contributed by atoms with Crippen molar-refractivity contribution in [3.63, 3.8) is 0 Å². The van der Waals surface area contributed by atoms with Gasteiger partial charge in [0.2, 0.25) is 5.71 Å². The van der Waals surface area contributed by atoms with Crippen LogP contribution in [0.15, 0.2) is 53.8 Å². The third-order valence-corrected chi connectivity index (χ3v) is 4.27. The second-order valence-corrected chi connectivity index (χ2v) is 6.20. The topological polar surface area (TPSA) is 180 Å². The van der Waals surface area contributed by atoms with Gasteiger partial charge in [-0.2, -0.15) is 5.10 Å². The summed E-state index contributed by atoms with van der Waals surface area (Å²) in [6.45, 7) is 1.75. The van der Waals surface area contributed by atoms with Gasteiger partial charge in [-0.25, -0.2) is 4.98 Å². The molecular formula is C18H15N7O5. The van der Waals surface area contributed by atoms with Crippen LogP contribution in [0.3, 0.4) is 0 Å². The van der Waals surface area contributed by atoms with Gasteiger partial charge in [0.25, 0.3) is 11.6 Å². The molecule has 0 radical (unpaired) electrons. The molecule has 1 atom stereocenters. The molecule has 3 rings (SSSR count). The first kappa shape index (κ1) is 20.3. The highest BCUT2D eigenvalue weighted by atomic mass is 16.6. The fraction of sp³-hybridized carbons (Fsp3) is 0.111. The molecule has 0 aliphatic carbocycles.